The molecule has 0 aromatic heterocycles. The van der Waals surface area contributed by atoms with Gasteiger partial charge < -0.3 is 9.57 Å². The summed E-state index contributed by atoms with van der Waals surface area (Å²) in [6, 6.07) is 0. The van der Waals surface area contributed by atoms with E-state index >= 15 is 0 Å². The Morgan fingerprint density at radius 2 is 2.00 bits per heavy atom. The molecule has 1 saturated heterocycles. The van der Waals surface area contributed by atoms with Gasteiger partial charge in [0, 0.05) is 13.1 Å². The molecule has 0 saturated carbocycles. The summed E-state index contributed by atoms with van der Waals surface area (Å²) >= 11 is 0. The van der Waals surface area contributed by atoms with Crippen LogP contribution in [0.3, 0.4) is 0 Å². The standard InChI is InChI=1S/C8H16N2O3/c1-8(2,7(11)13-9)10-3-5-12-6-4-10/h3-6,9H2,1-2H3. The number of nitrogens with zero attached hydrogens (tertiary/aromatic N) is 1. The number of rotatable bonds is 2. The molecule has 0 aromatic rings. The number of nitrogens with two attached hydrogens (primary N) is 1. The van der Waals surface area contributed by atoms with Gasteiger partial charge in [0.15, 0.2) is 0 Å². The predicted molar refractivity (Wildman–Crippen MR) is 46.8 cm³/mol. The van der Waals surface area contributed by atoms with E-state index in [1.165, 1.54) is 0 Å². The zero-order chi connectivity index (χ0) is 9.90. The quantitative estimate of drug-likeness (QED) is 0.593. The summed E-state index contributed by atoms with van der Waals surface area (Å²) < 4.78 is 5.18. The third-order valence-electron chi connectivity index (χ3n) is 2.41. The summed E-state index contributed by atoms with van der Waals surface area (Å²) in [4.78, 5) is 17.6. The largest absolute Gasteiger partial charge is 0.379 e. The highest BCUT2D eigenvalue weighted by molar-refractivity contribution is 5.79. The van der Waals surface area contributed by atoms with Crippen LogP contribution in [-0.2, 0) is 14.4 Å². The van der Waals surface area contributed by atoms with Gasteiger partial charge in [-0.15, -0.1) is 0 Å². The maximum Gasteiger partial charge on any atom is 0.344 e. The smallest absolute Gasteiger partial charge is 0.344 e. The molecule has 0 radical (unpaired) electrons. The summed E-state index contributed by atoms with van der Waals surface area (Å²) in [5, 5.41) is 0. The van der Waals surface area contributed by atoms with Crippen molar-refractivity contribution in [2.75, 3.05) is 26.3 Å². The van der Waals surface area contributed by atoms with Crippen LogP contribution in [0.15, 0.2) is 0 Å². The van der Waals surface area contributed by atoms with Crippen molar-refractivity contribution >= 4 is 5.97 Å². The van der Waals surface area contributed by atoms with E-state index in [1.807, 2.05) is 4.90 Å². The molecule has 0 aliphatic carbocycles. The summed E-state index contributed by atoms with van der Waals surface area (Å²) in [5.74, 6) is 4.45. The van der Waals surface area contributed by atoms with Crippen LogP contribution in [0.1, 0.15) is 13.8 Å². The van der Waals surface area contributed by atoms with Crippen molar-refractivity contribution in [3.63, 3.8) is 0 Å². The average Bonchev–Trinajstić information content (AvgIpc) is 2.18. The molecule has 13 heavy (non-hydrogen) atoms. The third kappa shape index (κ3) is 2.18. The predicted octanol–water partition coefficient (Wildman–Crippen LogP) is -0.486. The van der Waals surface area contributed by atoms with Gasteiger partial charge in [0.05, 0.1) is 13.2 Å². The molecule has 0 bridgehead atoms. The van der Waals surface area contributed by atoms with Gasteiger partial charge in [-0.3, -0.25) is 4.90 Å². The fraction of sp³-hybridized carbons (Fsp3) is 0.875. The van der Waals surface area contributed by atoms with Crippen molar-refractivity contribution in [3.8, 4) is 0 Å². The zero-order valence-electron chi connectivity index (χ0n) is 8.08. The Kier molecular flexibility index (Phi) is 3.24. The molecular weight excluding hydrogens is 172 g/mol. The molecule has 0 amide bonds. The Morgan fingerprint density at radius 3 is 2.46 bits per heavy atom. The molecule has 0 aromatic carbocycles. The van der Waals surface area contributed by atoms with Gasteiger partial charge >= 0.3 is 5.97 Å². The van der Waals surface area contributed by atoms with E-state index in [4.69, 9.17) is 10.6 Å². The zero-order valence-corrected chi connectivity index (χ0v) is 8.08. The van der Waals surface area contributed by atoms with Crippen LogP contribution in [0.25, 0.3) is 0 Å². The van der Waals surface area contributed by atoms with E-state index in [0.29, 0.717) is 13.2 Å². The molecule has 1 rings (SSSR count). The summed E-state index contributed by atoms with van der Waals surface area (Å²) in [7, 11) is 0. The van der Waals surface area contributed by atoms with E-state index in [-0.39, 0.29) is 0 Å². The van der Waals surface area contributed by atoms with Gasteiger partial charge in [0.25, 0.3) is 0 Å². The third-order valence-corrected chi connectivity index (χ3v) is 2.41. The number of carbonyl (C=O) groups excluding carboxylic acids is 1. The molecular formula is C8H16N2O3. The Balaban J connectivity index is 2.60. The highest BCUT2D eigenvalue weighted by Crippen LogP contribution is 2.16. The first-order chi connectivity index (χ1) is 6.09. The van der Waals surface area contributed by atoms with E-state index < -0.39 is 11.5 Å². The lowest BCUT2D eigenvalue weighted by atomic mass is 10.0. The minimum Gasteiger partial charge on any atom is -0.379 e. The molecule has 5 heteroatoms. The number of carbonyl (C=O) groups is 1. The van der Waals surface area contributed by atoms with Gasteiger partial charge in [0.2, 0.25) is 0 Å². The van der Waals surface area contributed by atoms with E-state index in [9.17, 15) is 4.79 Å². The topological polar surface area (TPSA) is 64.8 Å². The molecule has 1 aliphatic heterocycles. The minimum atomic E-state index is -0.654. The van der Waals surface area contributed by atoms with E-state index in [1.54, 1.807) is 13.8 Å². The van der Waals surface area contributed by atoms with Gasteiger partial charge in [-0.2, -0.15) is 5.90 Å². The van der Waals surface area contributed by atoms with Crippen molar-refractivity contribution in [1.29, 1.82) is 0 Å². The van der Waals surface area contributed by atoms with Crippen molar-refractivity contribution in [2.45, 2.75) is 19.4 Å². The Bertz CT molecular complexity index is 188. The lowest BCUT2D eigenvalue weighted by Crippen LogP contribution is -2.55. The SMILES string of the molecule is CC(C)(C(=O)ON)N1CCOCC1. The molecule has 5 nitrogen and oxygen atoms in total. The van der Waals surface area contributed by atoms with Crippen molar-refractivity contribution in [1.82, 2.24) is 4.90 Å². The van der Waals surface area contributed by atoms with Gasteiger partial charge in [-0.05, 0) is 13.8 Å². The number of hydrogen-bond donors (Lipinski definition) is 1. The normalized spacial score (nSPS) is 19.9. The summed E-state index contributed by atoms with van der Waals surface area (Å²) in [6.07, 6.45) is 0. The van der Waals surface area contributed by atoms with Crippen LogP contribution in [0.4, 0.5) is 0 Å². The van der Waals surface area contributed by atoms with Gasteiger partial charge in [-0.25, -0.2) is 4.79 Å². The van der Waals surface area contributed by atoms with E-state index in [0.717, 1.165) is 13.1 Å². The van der Waals surface area contributed by atoms with Crippen LogP contribution in [0.2, 0.25) is 0 Å². The highest BCUT2D eigenvalue weighted by Gasteiger charge is 2.36. The van der Waals surface area contributed by atoms with Crippen LogP contribution >= 0.6 is 0 Å². The van der Waals surface area contributed by atoms with Crippen molar-refractivity contribution < 1.29 is 14.4 Å². The molecule has 0 spiro atoms. The summed E-state index contributed by atoms with van der Waals surface area (Å²) in [5.41, 5.74) is -0.654. The average molecular weight is 188 g/mol. The fourth-order valence-electron chi connectivity index (χ4n) is 1.40. The molecule has 2 N–H and O–H groups in total. The minimum absolute atomic E-state index is 0.408. The first-order valence-corrected chi connectivity index (χ1v) is 4.33. The monoisotopic (exact) mass is 188 g/mol. The maximum atomic E-state index is 11.3. The van der Waals surface area contributed by atoms with Gasteiger partial charge in [-0.1, -0.05) is 0 Å². The van der Waals surface area contributed by atoms with Crippen molar-refractivity contribution in [3.05, 3.63) is 0 Å². The second-order valence-corrected chi connectivity index (χ2v) is 3.56. The Morgan fingerprint density at radius 1 is 1.46 bits per heavy atom. The number of ether oxygens (including phenoxy) is 1. The molecule has 0 atom stereocenters. The molecule has 1 heterocycles. The Labute approximate surface area is 77.7 Å². The van der Waals surface area contributed by atoms with Crippen LogP contribution in [0, 0.1) is 0 Å². The highest BCUT2D eigenvalue weighted by atomic mass is 16.7. The first-order valence-electron chi connectivity index (χ1n) is 4.33. The van der Waals surface area contributed by atoms with Crippen LogP contribution in [-0.4, -0.2) is 42.7 Å². The van der Waals surface area contributed by atoms with Crippen molar-refractivity contribution in [2.24, 2.45) is 5.90 Å². The second kappa shape index (κ2) is 4.04. The van der Waals surface area contributed by atoms with Gasteiger partial charge in [0.1, 0.15) is 5.54 Å². The maximum absolute atomic E-state index is 11.3. The Hall–Kier alpha value is -0.650. The molecule has 1 fully saturated rings. The number of hydrogen-bond acceptors (Lipinski definition) is 5. The van der Waals surface area contributed by atoms with Crippen LogP contribution in [0.5, 0.6) is 0 Å². The second-order valence-electron chi connectivity index (χ2n) is 3.56. The fourth-order valence-corrected chi connectivity index (χ4v) is 1.40. The lowest BCUT2D eigenvalue weighted by Gasteiger charge is -2.37. The lowest BCUT2D eigenvalue weighted by molar-refractivity contribution is -0.159. The first kappa shape index (κ1) is 10.4. The molecule has 76 valence electrons. The van der Waals surface area contributed by atoms with Crippen LogP contribution < -0.4 is 5.90 Å². The summed E-state index contributed by atoms with van der Waals surface area (Å²) in [6.45, 7) is 6.38. The molecule has 0 unspecified atom stereocenters. The van der Waals surface area contributed by atoms with E-state index in [2.05, 4.69) is 4.84 Å². The number of morpholine rings is 1. The molecule has 1 aliphatic rings.